The van der Waals surface area contributed by atoms with Gasteiger partial charge in [-0.2, -0.15) is 5.26 Å². The van der Waals surface area contributed by atoms with Gasteiger partial charge in [-0.3, -0.25) is 0 Å². The van der Waals surface area contributed by atoms with E-state index in [9.17, 15) is 5.26 Å². The van der Waals surface area contributed by atoms with Crippen molar-refractivity contribution in [1.29, 1.82) is 5.26 Å². The Bertz CT molecular complexity index is 587. The molecule has 1 aromatic rings. The van der Waals surface area contributed by atoms with Gasteiger partial charge in [0.25, 0.3) is 0 Å². The lowest BCUT2D eigenvalue weighted by molar-refractivity contribution is 0.161. The van der Waals surface area contributed by atoms with E-state index in [0.29, 0.717) is 6.04 Å². The molecule has 5 nitrogen and oxygen atoms in total. The monoisotopic (exact) mass is 314 g/mol. The van der Waals surface area contributed by atoms with E-state index in [1.54, 1.807) is 0 Å². The first kappa shape index (κ1) is 16.2. The van der Waals surface area contributed by atoms with Gasteiger partial charge < -0.3 is 14.9 Å². The Balaban J connectivity index is 1.74. The molecule has 1 saturated heterocycles. The maximum atomic E-state index is 9.51. The van der Waals surface area contributed by atoms with Crippen LogP contribution in [0, 0.1) is 11.3 Å². The fraction of sp³-hybridized carbons (Fsp3) is 0.667. The van der Waals surface area contributed by atoms with Crippen molar-refractivity contribution in [3.05, 3.63) is 22.9 Å². The Morgan fingerprint density at radius 3 is 2.78 bits per heavy atom. The average molecular weight is 314 g/mol. The van der Waals surface area contributed by atoms with Crippen LogP contribution in [0.25, 0.3) is 0 Å². The van der Waals surface area contributed by atoms with Crippen molar-refractivity contribution in [2.24, 2.45) is 0 Å². The summed E-state index contributed by atoms with van der Waals surface area (Å²) in [6.07, 6.45) is 6.64. The van der Waals surface area contributed by atoms with E-state index in [2.05, 4.69) is 29.0 Å². The number of fused-ring (bicyclic) bond motifs is 1. The number of nitrogens with zero attached hydrogens (tertiary/aromatic N) is 4. The highest BCUT2D eigenvalue weighted by Gasteiger charge is 2.25. The smallest absolute Gasteiger partial charge is 0.146 e. The quantitative estimate of drug-likeness (QED) is 0.917. The normalized spacial score (nSPS) is 18.8. The zero-order valence-electron chi connectivity index (χ0n) is 14.0. The van der Waals surface area contributed by atoms with Crippen LogP contribution in [0.2, 0.25) is 0 Å². The molecule has 1 fully saturated rings. The summed E-state index contributed by atoms with van der Waals surface area (Å²) >= 11 is 0. The number of anilines is 1. The Morgan fingerprint density at radius 2 is 2.09 bits per heavy atom. The van der Waals surface area contributed by atoms with Crippen molar-refractivity contribution >= 4 is 5.82 Å². The van der Waals surface area contributed by atoms with Gasteiger partial charge in [0.05, 0.1) is 12.2 Å². The fourth-order valence-electron chi connectivity index (χ4n) is 3.80. The zero-order chi connectivity index (χ0) is 16.2. The molecule has 3 rings (SSSR count). The van der Waals surface area contributed by atoms with E-state index >= 15 is 0 Å². The van der Waals surface area contributed by atoms with Crippen LogP contribution in [-0.4, -0.2) is 54.3 Å². The molecule has 0 saturated carbocycles. The molecule has 2 aliphatic rings. The lowest BCUT2D eigenvalue weighted by atomic mass is 9.94. The Hall–Kier alpha value is -1.64. The summed E-state index contributed by atoms with van der Waals surface area (Å²) in [4.78, 5) is 9.38. The molecule has 1 aliphatic heterocycles. The number of aryl methyl sites for hydroxylation is 2. The van der Waals surface area contributed by atoms with Crippen LogP contribution in [0.1, 0.15) is 42.5 Å². The highest BCUT2D eigenvalue weighted by Crippen LogP contribution is 2.28. The summed E-state index contributed by atoms with van der Waals surface area (Å²) in [6, 6.07) is 4.94. The molecule has 1 N–H and O–H groups in total. The lowest BCUT2D eigenvalue weighted by Gasteiger charge is -2.37. The topological polar surface area (TPSA) is 63.4 Å². The van der Waals surface area contributed by atoms with Gasteiger partial charge in [-0.1, -0.05) is 0 Å². The van der Waals surface area contributed by atoms with Crippen LogP contribution in [-0.2, 0) is 12.8 Å². The van der Waals surface area contributed by atoms with Crippen LogP contribution < -0.4 is 4.90 Å². The van der Waals surface area contributed by atoms with Crippen LogP contribution in [0.5, 0.6) is 0 Å². The summed E-state index contributed by atoms with van der Waals surface area (Å²) in [5, 5.41) is 18.6. The first-order valence-electron chi connectivity index (χ1n) is 8.72. The third kappa shape index (κ3) is 3.49. The average Bonchev–Trinajstić information content (AvgIpc) is 2.61. The maximum absolute atomic E-state index is 9.51. The first-order valence-corrected chi connectivity index (χ1v) is 8.72. The van der Waals surface area contributed by atoms with Gasteiger partial charge in [-0.05, 0) is 57.2 Å². The van der Waals surface area contributed by atoms with Crippen molar-refractivity contribution in [3.8, 4) is 6.07 Å². The summed E-state index contributed by atoms with van der Waals surface area (Å²) in [7, 11) is 2.08. The van der Waals surface area contributed by atoms with Crippen molar-refractivity contribution in [2.75, 3.05) is 38.2 Å². The van der Waals surface area contributed by atoms with Crippen LogP contribution in [0.3, 0.4) is 0 Å². The molecule has 0 aromatic carbocycles. The molecule has 0 unspecified atom stereocenters. The fourth-order valence-corrected chi connectivity index (χ4v) is 3.80. The molecule has 5 heteroatoms. The van der Waals surface area contributed by atoms with Crippen molar-refractivity contribution in [3.63, 3.8) is 0 Å². The molecule has 0 radical (unpaired) electrons. The lowest BCUT2D eigenvalue weighted by Crippen LogP contribution is -2.44. The van der Waals surface area contributed by atoms with Gasteiger partial charge in [-0.25, -0.2) is 4.98 Å². The van der Waals surface area contributed by atoms with Gasteiger partial charge in [0, 0.05) is 31.4 Å². The number of pyridine rings is 1. The van der Waals surface area contributed by atoms with Crippen LogP contribution >= 0.6 is 0 Å². The number of nitriles is 1. The maximum Gasteiger partial charge on any atom is 0.146 e. The molecule has 0 spiro atoms. The molecule has 1 aromatic heterocycles. The molecule has 0 bridgehead atoms. The van der Waals surface area contributed by atoms with E-state index in [1.807, 2.05) is 0 Å². The molecular formula is C18H26N4O. The minimum absolute atomic E-state index is 0.210. The predicted molar refractivity (Wildman–Crippen MR) is 90.5 cm³/mol. The molecule has 23 heavy (non-hydrogen) atoms. The highest BCUT2D eigenvalue weighted by atomic mass is 16.3. The largest absolute Gasteiger partial charge is 0.395 e. The van der Waals surface area contributed by atoms with Crippen LogP contribution in [0.15, 0.2) is 6.07 Å². The second kappa shape index (κ2) is 7.29. The van der Waals surface area contributed by atoms with E-state index < -0.39 is 0 Å². The second-order valence-electron chi connectivity index (χ2n) is 6.71. The van der Waals surface area contributed by atoms with Gasteiger partial charge in [0.2, 0.25) is 0 Å². The molecule has 2 heterocycles. The van der Waals surface area contributed by atoms with E-state index in [-0.39, 0.29) is 6.61 Å². The predicted octanol–water partition coefficient (Wildman–Crippen LogP) is 1.72. The van der Waals surface area contributed by atoms with E-state index in [1.165, 1.54) is 24.1 Å². The molecule has 1 aliphatic carbocycles. The van der Waals surface area contributed by atoms with E-state index in [0.717, 1.165) is 56.7 Å². The summed E-state index contributed by atoms with van der Waals surface area (Å²) in [5.41, 5.74) is 3.20. The minimum atomic E-state index is 0.210. The first-order chi connectivity index (χ1) is 11.2. The second-order valence-corrected chi connectivity index (χ2v) is 6.71. The van der Waals surface area contributed by atoms with Crippen molar-refractivity contribution < 1.29 is 5.11 Å². The SMILES string of the molecule is CN(CCO)C1CCN(c2nc3c(cc2C#N)CCCC3)CC1. The number of likely N-dealkylation sites (N-methyl/N-ethyl adjacent to an activating group) is 1. The summed E-state index contributed by atoms with van der Waals surface area (Å²) < 4.78 is 0. The third-order valence-electron chi connectivity index (χ3n) is 5.24. The Labute approximate surface area is 138 Å². The molecule has 0 amide bonds. The Kier molecular flexibility index (Phi) is 5.14. The molecule has 0 atom stereocenters. The number of rotatable bonds is 4. The number of aromatic nitrogens is 1. The number of hydrogen-bond donors (Lipinski definition) is 1. The van der Waals surface area contributed by atoms with Gasteiger partial charge in [0.15, 0.2) is 0 Å². The van der Waals surface area contributed by atoms with Crippen molar-refractivity contribution in [1.82, 2.24) is 9.88 Å². The van der Waals surface area contributed by atoms with Gasteiger partial charge in [-0.15, -0.1) is 0 Å². The number of aliphatic hydroxyl groups is 1. The van der Waals surface area contributed by atoms with Crippen LogP contribution in [0.4, 0.5) is 5.82 Å². The third-order valence-corrected chi connectivity index (χ3v) is 5.24. The molecule has 124 valence electrons. The Morgan fingerprint density at radius 1 is 1.35 bits per heavy atom. The highest BCUT2D eigenvalue weighted by molar-refractivity contribution is 5.56. The zero-order valence-corrected chi connectivity index (χ0v) is 14.0. The number of aliphatic hydroxyl groups excluding tert-OH is 1. The van der Waals surface area contributed by atoms with Gasteiger partial charge >= 0.3 is 0 Å². The standard InChI is InChI=1S/C18H26N4O/c1-21(10-11-23)16-6-8-22(9-7-16)18-15(13-19)12-14-4-2-3-5-17(14)20-18/h12,16,23H,2-11H2,1H3. The minimum Gasteiger partial charge on any atom is -0.395 e. The summed E-state index contributed by atoms with van der Waals surface area (Å²) in [5.74, 6) is 0.886. The molecular weight excluding hydrogens is 288 g/mol. The summed E-state index contributed by atoms with van der Waals surface area (Å²) in [6.45, 7) is 2.80. The number of piperidine rings is 1. The number of hydrogen-bond acceptors (Lipinski definition) is 5. The van der Waals surface area contributed by atoms with Gasteiger partial charge in [0.1, 0.15) is 11.9 Å². The van der Waals surface area contributed by atoms with E-state index in [4.69, 9.17) is 10.1 Å². The van der Waals surface area contributed by atoms with Crippen molar-refractivity contribution in [2.45, 2.75) is 44.6 Å².